The highest BCUT2D eigenvalue weighted by atomic mass is 16.7. The number of allylic oxidation sites excluding steroid dienone is 1. The van der Waals surface area contributed by atoms with Gasteiger partial charge in [-0.1, -0.05) is 6.08 Å². The average molecular weight is 390 g/mol. The van der Waals surface area contributed by atoms with E-state index in [2.05, 4.69) is 0 Å². The van der Waals surface area contributed by atoms with Crippen LogP contribution < -0.4 is 0 Å². The van der Waals surface area contributed by atoms with Gasteiger partial charge in [-0.25, -0.2) is 9.59 Å². The van der Waals surface area contributed by atoms with Gasteiger partial charge in [0.1, 0.15) is 18.0 Å². The van der Waals surface area contributed by atoms with Crippen LogP contribution in [0.25, 0.3) is 0 Å². The normalized spacial score (nSPS) is 39.1. The number of ether oxygens (including phenoxy) is 4. The number of epoxide rings is 1. The van der Waals surface area contributed by atoms with E-state index in [0.717, 1.165) is 0 Å². The van der Waals surface area contributed by atoms with Crippen molar-refractivity contribution >= 4 is 17.7 Å². The van der Waals surface area contributed by atoms with Gasteiger partial charge in [0.15, 0.2) is 11.2 Å². The molecule has 8 nitrogen and oxygen atoms in total. The molecule has 0 radical (unpaired) electrons. The molecular formula is C20H22O8. The van der Waals surface area contributed by atoms with Crippen LogP contribution in [0.4, 0.5) is 0 Å². The molecule has 5 unspecified atom stereocenters. The lowest BCUT2D eigenvalue weighted by Gasteiger charge is -2.32. The Morgan fingerprint density at radius 2 is 2.14 bits per heavy atom. The van der Waals surface area contributed by atoms with Gasteiger partial charge in [-0.3, -0.25) is 4.79 Å². The number of aliphatic hydroxyl groups excluding tert-OH is 1. The van der Waals surface area contributed by atoms with Crippen molar-refractivity contribution in [2.24, 2.45) is 5.92 Å². The molecule has 4 aliphatic heterocycles. The first-order chi connectivity index (χ1) is 13.2. The van der Waals surface area contributed by atoms with Crippen molar-refractivity contribution in [1.82, 2.24) is 0 Å². The molecule has 4 aliphatic rings. The molecule has 4 heterocycles. The van der Waals surface area contributed by atoms with Crippen LogP contribution in [-0.2, 0) is 33.3 Å². The molecule has 5 atom stereocenters. The van der Waals surface area contributed by atoms with Gasteiger partial charge in [-0.15, -0.1) is 0 Å². The Morgan fingerprint density at radius 3 is 2.75 bits per heavy atom. The molecule has 2 fully saturated rings. The Morgan fingerprint density at radius 1 is 1.43 bits per heavy atom. The van der Waals surface area contributed by atoms with Crippen LogP contribution in [0.15, 0.2) is 35.1 Å². The van der Waals surface area contributed by atoms with E-state index in [-0.39, 0.29) is 24.6 Å². The van der Waals surface area contributed by atoms with Gasteiger partial charge in [0.2, 0.25) is 5.78 Å². The summed E-state index contributed by atoms with van der Waals surface area (Å²) >= 11 is 0. The van der Waals surface area contributed by atoms with Crippen LogP contribution in [0.3, 0.4) is 0 Å². The summed E-state index contributed by atoms with van der Waals surface area (Å²) < 4.78 is 22.6. The lowest BCUT2D eigenvalue weighted by Crippen LogP contribution is -2.46. The second-order valence-electron chi connectivity index (χ2n) is 7.75. The molecule has 0 saturated carbocycles. The Balaban J connectivity index is 1.80. The highest BCUT2D eigenvalue weighted by Crippen LogP contribution is 2.51. The van der Waals surface area contributed by atoms with E-state index in [4.69, 9.17) is 18.9 Å². The van der Waals surface area contributed by atoms with Gasteiger partial charge in [0.25, 0.3) is 0 Å². The molecule has 28 heavy (non-hydrogen) atoms. The molecule has 0 amide bonds. The number of esters is 2. The fourth-order valence-electron chi connectivity index (χ4n) is 4.02. The van der Waals surface area contributed by atoms with Crippen LogP contribution in [0.2, 0.25) is 0 Å². The van der Waals surface area contributed by atoms with Crippen LogP contribution in [-0.4, -0.2) is 59.5 Å². The first-order valence-electron chi connectivity index (χ1n) is 9.20. The maximum Gasteiger partial charge on any atom is 0.342 e. The number of aliphatic hydroxyl groups is 1. The molecule has 150 valence electrons. The zero-order chi connectivity index (χ0) is 20.3. The van der Waals surface area contributed by atoms with Crippen LogP contribution in [0.5, 0.6) is 0 Å². The zero-order valence-electron chi connectivity index (χ0n) is 15.9. The second-order valence-corrected chi connectivity index (χ2v) is 7.75. The van der Waals surface area contributed by atoms with E-state index in [1.807, 2.05) is 0 Å². The summed E-state index contributed by atoms with van der Waals surface area (Å²) in [5.41, 5.74) is -1.74. The third kappa shape index (κ3) is 2.70. The zero-order valence-corrected chi connectivity index (χ0v) is 15.9. The molecule has 0 aromatic carbocycles. The molecule has 0 aromatic rings. The monoisotopic (exact) mass is 390 g/mol. The van der Waals surface area contributed by atoms with Gasteiger partial charge < -0.3 is 24.1 Å². The fraction of sp³-hybridized carbons (Fsp3) is 0.550. The van der Waals surface area contributed by atoms with Gasteiger partial charge >= 0.3 is 11.9 Å². The number of ketones is 1. The smallest absolute Gasteiger partial charge is 0.342 e. The van der Waals surface area contributed by atoms with E-state index < -0.39 is 47.9 Å². The predicted molar refractivity (Wildman–Crippen MR) is 93.7 cm³/mol. The van der Waals surface area contributed by atoms with Crippen molar-refractivity contribution in [2.45, 2.75) is 50.6 Å². The van der Waals surface area contributed by atoms with Gasteiger partial charge in [-0.2, -0.15) is 0 Å². The summed E-state index contributed by atoms with van der Waals surface area (Å²) in [6, 6.07) is 0. The quantitative estimate of drug-likeness (QED) is 0.427. The number of carbonyl (C=O) groups excluding carboxylic acids is 3. The SMILES string of the molecule is CC=C(C)C(=O)OC1CC2(C)OC(=CC2=O)C(CO)=CC2OC(=O)C3(CO3)C21. The highest BCUT2D eigenvalue weighted by molar-refractivity contribution is 6.00. The Labute approximate surface area is 161 Å². The molecule has 1 spiro atoms. The molecule has 8 heteroatoms. The second kappa shape index (κ2) is 6.28. The summed E-state index contributed by atoms with van der Waals surface area (Å²) in [5.74, 6) is -1.78. The van der Waals surface area contributed by atoms with Crippen molar-refractivity contribution in [3.8, 4) is 0 Å². The summed E-state index contributed by atoms with van der Waals surface area (Å²) in [4.78, 5) is 37.6. The van der Waals surface area contributed by atoms with Crippen molar-refractivity contribution in [3.63, 3.8) is 0 Å². The Hall–Kier alpha value is -2.45. The lowest BCUT2D eigenvalue weighted by molar-refractivity contribution is -0.155. The topological polar surface area (TPSA) is 112 Å². The molecule has 0 aromatic heterocycles. The molecule has 2 saturated heterocycles. The lowest BCUT2D eigenvalue weighted by atomic mass is 9.79. The predicted octanol–water partition coefficient (Wildman–Crippen LogP) is 0.739. The minimum absolute atomic E-state index is 0.0318. The van der Waals surface area contributed by atoms with Crippen molar-refractivity contribution < 1.29 is 38.4 Å². The number of hydrogen-bond acceptors (Lipinski definition) is 8. The molecule has 2 bridgehead atoms. The van der Waals surface area contributed by atoms with Crippen molar-refractivity contribution in [3.05, 3.63) is 35.1 Å². The highest BCUT2D eigenvalue weighted by Gasteiger charge is 2.70. The van der Waals surface area contributed by atoms with E-state index in [1.54, 1.807) is 32.9 Å². The number of hydrogen-bond donors (Lipinski definition) is 1. The number of carbonyl (C=O) groups is 3. The Bertz CT molecular complexity index is 846. The largest absolute Gasteiger partial charge is 0.479 e. The minimum atomic E-state index is -1.28. The van der Waals surface area contributed by atoms with Gasteiger partial charge in [0.05, 0.1) is 19.1 Å². The number of rotatable bonds is 3. The summed E-state index contributed by atoms with van der Waals surface area (Å²) in [7, 11) is 0. The summed E-state index contributed by atoms with van der Waals surface area (Å²) in [6.45, 7) is 4.70. The standard InChI is InChI=1S/C20H22O8/c1-4-10(2)17(23)26-14-7-19(3)15(22)6-12(28-19)11(8-21)5-13-16(14)20(9-25-20)18(24)27-13/h4-6,13-14,16,21H,7-9H2,1-3H3. The minimum Gasteiger partial charge on any atom is -0.479 e. The third-order valence-corrected chi connectivity index (χ3v) is 5.91. The van der Waals surface area contributed by atoms with Crippen LogP contribution in [0, 0.1) is 5.92 Å². The van der Waals surface area contributed by atoms with Crippen molar-refractivity contribution in [2.75, 3.05) is 13.2 Å². The molecule has 0 aliphatic carbocycles. The first kappa shape index (κ1) is 18.9. The van der Waals surface area contributed by atoms with E-state index in [9.17, 15) is 19.5 Å². The van der Waals surface area contributed by atoms with Crippen LogP contribution >= 0.6 is 0 Å². The van der Waals surface area contributed by atoms with E-state index in [1.165, 1.54) is 6.08 Å². The van der Waals surface area contributed by atoms with Gasteiger partial charge in [0, 0.05) is 23.6 Å². The van der Waals surface area contributed by atoms with Crippen molar-refractivity contribution in [1.29, 1.82) is 0 Å². The first-order valence-corrected chi connectivity index (χ1v) is 9.20. The van der Waals surface area contributed by atoms with Gasteiger partial charge in [-0.05, 0) is 26.8 Å². The fourth-order valence-corrected chi connectivity index (χ4v) is 4.02. The number of fused-ring (bicyclic) bond motifs is 4. The van der Waals surface area contributed by atoms with E-state index >= 15 is 0 Å². The third-order valence-electron chi connectivity index (χ3n) is 5.91. The molecule has 4 rings (SSSR count). The van der Waals surface area contributed by atoms with E-state index in [0.29, 0.717) is 11.1 Å². The maximum atomic E-state index is 12.6. The summed E-state index contributed by atoms with van der Waals surface area (Å²) in [5, 5.41) is 9.77. The molecule has 1 N–H and O–H groups in total. The summed E-state index contributed by atoms with van der Waals surface area (Å²) in [6.07, 6.45) is 2.89. The maximum absolute atomic E-state index is 12.6. The molecular weight excluding hydrogens is 368 g/mol. The average Bonchev–Trinajstić information content (AvgIpc) is 3.32. The van der Waals surface area contributed by atoms with Crippen LogP contribution in [0.1, 0.15) is 27.2 Å². The Kier molecular flexibility index (Phi) is 4.24.